The predicted molar refractivity (Wildman–Crippen MR) is 69.9 cm³/mol. The zero-order chi connectivity index (χ0) is 14.3. The standard InChI is InChI=1S/C10H13BrF3N3OS/c1-9(2)5-17(4-6(3-11)18-9)8-16-15-7(19-8)10(12,13)14/h6H,3-5H2,1-2H3. The van der Waals surface area contributed by atoms with E-state index in [2.05, 4.69) is 26.1 Å². The van der Waals surface area contributed by atoms with Crippen molar-refractivity contribution >= 4 is 32.4 Å². The van der Waals surface area contributed by atoms with E-state index in [-0.39, 0.29) is 11.2 Å². The average Bonchev–Trinajstić information content (AvgIpc) is 2.75. The minimum absolute atomic E-state index is 0.0815. The van der Waals surface area contributed by atoms with Crippen LogP contribution in [0.25, 0.3) is 0 Å². The van der Waals surface area contributed by atoms with Crippen LogP contribution < -0.4 is 4.90 Å². The highest BCUT2D eigenvalue weighted by molar-refractivity contribution is 9.09. The van der Waals surface area contributed by atoms with Gasteiger partial charge < -0.3 is 9.64 Å². The highest BCUT2D eigenvalue weighted by atomic mass is 79.9. The van der Waals surface area contributed by atoms with Gasteiger partial charge in [0.05, 0.1) is 11.7 Å². The summed E-state index contributed by atoms with van der Waals surface area (Å²) in [5.74, 6) is 0. The van der Waals surface area contributed by atoms with Crippen molar-refractivity contribution in [1.29, 1.82) is 0 Å². The van der Waals surface area contributed by atoms with Crippen molar-refractivity contribution in [3.05, 3.63) is 5.01 Å². The molecule has 0 aromatic carbocycles. The third-order valence-corrected chi connectivity index (χ3v) is 4.33. The third kappa shape index (κ3) is 3.57. The second-order valence-electron chi connectivity index (χ2n) is 4.92. The number of hydrogen-bond donors (Lipinski definition) is 0. The first kappa shape index (κ1) is 15.0. The number of nitrogens with zero attached hydrogens (tertiary/aromatic N) is 3. The van der Waals surface area contributed by atoms with Crippen molar-refractivity contribution in [2.75, 3.05) is 23.3 Å². The van der Waals surface area contributed by atoms with E-state index in [1.807, 2.05) is 13.8 Å². The van der Waals surface area contributed by atoms with Gasteiger partial charge in [0.25, 0.3) is 0 Å². The molecule has 4 nitrogen and oxygen atoms in total. The smallest absolute Gasteiger partial charge is 0.368 e. The van der Waals surface area contributed by atoms with E-state index >= 15 is 0 Å². The van der Waals surface area contributed by atoms with Crippen molar-refractivity contribution in [2.45, 2.75) is 31.7 Å². The molecule has 108 valence electrons. The Balaban J connectivity index is 2.19. The monoisotopic (exact) mass is 359 g/mol. The van der Waals surface area contributed by atoms with Gasteiger partial charge in [-0.2, -0.15) is 13.2 Å². The fraction of sp³-hybridized carbons (Fsp3) is 0.800. The Morgan fingerprint density at radius 2 is 2.16 bits per heavy atom. The Labute approximate surface area is 121 Å². The molecule has 0 amide bonds. The Morgan fingerprint density at radius 3 is 2.68 bits per heavy atom. The second-order valence-corrected chi connectivity index (χ2v) is 6.53. The van der Waals surface area contributed by atoms with Crippen molar-refractivity contribution in [1.82, 2.24) is 10.2 Å². The summed E-state index contributed by atoms with van der Waals surface area (Å²) in [4.78, 5) is 1.79. The van der Waals surface area contributed by atoms with E-state index in [0.717, 1.165) is 0 Å². The molecule has 0 saturated carbocycles. The average molecular weight is 360 g/mol. The molecule has 1 unspecified atom stereocenters. The Hall–Kier alpha value is -0.410. The van der Waals surface area contributed by atoms with Gasteiger partial charge in [0.15, 0.2) is 0 Å². The number of morpholine rings is 1. The lowest BCUT2D eigenvalue weighted by molar-refractivity contribution is -0.138. The van der Waals surface area contributed by atoms with Crippen LogP contribution >= 0.6 is 27.3 Å². The number of anilines is 1. The minimum Gasteiger partial charge on any atom is -0.368 e. The maximum absolute atomic E-state index is 12.5. The van der Waals surface area contributed by atoms with E-state index in [9.17, 15) is 13.2 Å². The molecule has 1 fully saturated rings. The van der Waals surface area contributed by atoms with Crippen molar-refractivity contribution in [3.63, 3.8) is 0 Å². The van der Waals surface area contributed by atoms with Crippen LogP contribution in [0.5, 0.6) is 0 Å². The molecule has 1 atom stereocenters. The van der Waals surface area contributed by atoms with Crippen LogP contribution in [-0.4, -0.2) is 40.3 Å². The van der Waals surface area contributed by atoms with Gasteiger partial charge in [0.2, 0.25) is 10.1 Å². The maximum atomic E-state index is 12.5. The van der Waals surface area contributed by atoms with Gasteiger partial charge in [-0.25, -0.2) is 0 Å². The summed E-state index contributed by atoms with van der Waals surface area (Å²) >= 11 is 3.90. The summed E-state index contributed by atoms with van der Waals surface area (Å²) in [7, 11) is 0. The Bertz CT molecular complexity index is 451. The van der Waals surface area contributed by atoms with E-state index in [0.29, 0.717) is 29.8 Å². The summed E-state index contributed by atoms with van der Waals surface area (Å²) in [6.07, 6.45) is -4.52. The summed E-state index contributed by atoms with van der Waals surface area (Å²) in [5.41, 5.74) is -0.430. The largest absolute Gasteiger partial charge is 0.445 e. The van der Waals surface area contributed by atoms with E-state index in [4.69, 9.17) is 4.74 Å². The van der Waals surface area contributed by atoms with Gasteiger partial charge in [-0.3, -0.25) is 0 Å². The summed E-state index contributed by atoms with van der Waals surface area (Å²) in [5, 5.41) is 6.85. The number of aromatic nitrogens is 2. The zero-order valence-corrected chi connectivity index (χ0v) is 12.8. The van der Waals surface area contributed by atoms with Gasteiger partial charge in [0, 0.05) is 18.4 Å². The molecule has 19 heavy (non-hydrogen) atoms. The van der Waals surface area contributed by atoms with Crippen molar-refractivity contribution < 1.29 is 17.9 Å². The summed E-state index contributed by atoms with van der Waals surface area (Å²) < 4.78 is 43.4. The van der Waals surface area contributed by atoms with Crippen LogP contribution in [0.15, 0.2) is 0 Å². The normalized spacial score (nSPS) is 23.7. The summed E-state index contributed by atoms with van der Waals surface area (Å²) in [6, 6.07) is 0. The molecule has 0 N–H and O–H groups in total. The molecule has 1 saturated heterocycles. The number of ether oxygens (including phenoxy) is 1. The van der Waals surface area contributed by atoms with Crippen LogP contribution in [0, 0.1) is 0 Å². The zero-order valence-electron chi connectivity index (χ0n) is 10.4. The highest BCUT2D eigenvalue weighted by Gasteiger charge is 2.38. The molecule has 1 aliphatic heterocycles. The molecule has 1 aliphatic rings. The number of alkyl halides is 4. The Morgan fingerprint density at radius 1 is 1.47 bits per heavy atom. The summed E-state index contributed by atoms with van der Waals surface area (Å²) in [6.45, 7) is 4.80. The van der Waals surface area contributed by atoms with E-state index < -0.39 is 16.8 Å². The first-order valence-electron chi connectivity index (χ1n) is 5.61. The molecule has 0 aliphatic carbocycles. The van der Waals surface area contributed by atoms with Crippen LogP contribution in [0.1, 0.15) is 18.9 Å². The SMILES string of the molecule is CC1(C)CN(c2nnc(C(F)(F)F)s2)CC(CBr)O1. The number of rotatable bonds is 2. The van der Waals surface area contributed by atoms with Crippen molar-refractivity contribution in [2.24, 2.45) is 0 Å². The Kier molecular flexibility index (Phi) is 4.08. The lowest BCUT2D eigenvalue weighted by Crippen LogP contribution is -2.53. The molecular weight excluding hydrogens is 347 g/mol. The molecule has 2 heterocycles. The van der Waals surface area contributed by atoms with E-state index in [1.165, 1.54) is 0 Å². The molecule has 1 aromatic rings. The molecule has 2 rings (SSSR count). The van der Waals surface area contributed by atoms with Crippen LogP contribution in [0.3, 0.4) is 0 Å². The molecular formula is C10H13BrF3N3OS. The molecule has 0 spiro atoms. The predicted octanol–water partition coefficient (Wildman–Crippen LogP) is 2.94. The second kappa shape index (κ2) is 5.17. The number of hydrogen-bond acceptors (Lipinski definition) is 5. The fourth-order valence-electron chi connectivity index (χ4n) is 1.98. The maximum Gasteiger partial charge on any atom is 0.445 e. The molecule has 0 radical (unpaired) electrons. The van der Waals surface area contributed by atoms with Crippen LogP contribution in [-0.2, 0) is 10.9 Å². The third-order valence-electron chi connectivity index (χ3n) is 2.58. The molecule has 9 heteroatoms. The highest BCUT2D eigenvalue weighted by Crippen LogP contribution is 2.36. The van der Waals surface area contributed by atoms with Gasteiger partial charge in [-0.1, -0.05) is 27.3 Å². The van der Waals surface area contributed by atoms with Gasteiger partial charge in [0.1, 0.15) is 0 Å². The quantitative estimate of drug-likeness (QED) is 0.761. The fourth-order valence-corrected chi connectivity index (χ4v) is 3.04. The topological polar surface area (TPSA) is 38.2 Å². The lowest BCUT2D eigenvalue weighted by atomic mass is 10.1. The van der Waals surface area contributed by atoms with Crippen molar-refractivity contribution in [3.8, 4) is 0 Å². The van der Waals surface area contributed by atoms with Gasteiger partial charge in [-0.05, 0) is 13.8 Å². The van der Waals surface area contributed by atoms with Gasteiger partial charge >= 0.3 is 6.18 Å². The van der Waals surface area contributed by atoms with Gasteiger partial charge in [-0.15, -0.1) is 10.2 Å². The van der Waals surface area contributed by atoms with E-state index in [1.54, 1.807) is 4.90 Å². The minimum atomic E-state index is -4.44. The van der Waals surface area contributed by atoms with Crippen LogP contribution in [0.2, 0.25) is 0 Å². The first-order valence-corrected chi connectivity index (χ1v) is 7.54. The lowest BCUT2D eigenvalue weighted by Gasteiger charge is -2.42. The molecule has 0 bridgehead atoms. The number of halogens is 4. The van der Waals surface area contributed by atoms with Crippen LogP contribution in [0.4, 0.5) is 18.3 Å². The molecule has 1 aromatic heterocycles. The first-order chi connectivity index (χ1) is 8.71.